The largest absolute Gasteiger partial charge is 0.497 e. The number of aromatic nitrogens is 1. The van der Waals surface area contributed by atoms with Crippen LogP contribution >= 0.6 is 0 Å². The van der Waals surface area contributed by atoms with Crippen molar-refractivity contribution in [3.05, 3.63) is 89.5 Å². The summed E-state index contributed by atoms with van der Waals surface area (Å²) in [7, 11) is 1.64. The molecule has 0 atom stereocenters. The second kappa shape index (κ2) is 9.39. The number of aromatic amines is 1. The zero-order valence-corrected chi connectivity index (χ0v) is 17.9. The Bertz CT molecular complexity index is 1260. The maximum absolute atomic E-state index is 12.6. The van der Waals surface area contributed by atoms with Gasteiger partial charge < -0.3 is 20.8 Å². The molecule has 0 unspecified atom stereocenters. The molecule has 162 valence electrons. The van der Waals surface area contributed by atoms with Crippen LogP contribution in [-0.2, 0) is 17.8 Å². The maximum atomic E-state index is 12.6. The van der Waals surface area contributed by atoms with Gasteiger partial charge in [-0.1, -0.05) is 30.3 Å². The average Bonchev–Trinajstić information content (AvgIpc) is 3.20. The molecule has 0 spiro atoms. The minimum atomic E-state index is -0.483. The number of hydrogen-bond donors (Lipinski definition) is 3. The number of methoxy groups -OCH3 is 1. The van der Waals surface area contributed by atoms with Crippen LogP contribution in [-0.4, -0.2) is 23.9 Å². The van der Waals surface area contributed by atoms with E-state index in [1.54, 1.807) is 25.3 Å². The van der Waals surface area contributed by atoms with Crippen molar-refractivity contribution in [2.24, 2.45) is 5.73 Å². The number of carbonyl (C=O) groups excluding carboxylic acids is 2. The van der Waals surface area contributed by atoms with E-state index >= 15 is 0 Å². The van der Waals surface area contributed by atoms with Gasteiger partial charge in [-0.2, -0.15) is 0 Å². The Morgan fingerprint density at radius 1 is 1.00 bits per heavy atom. The molecule has 3 aromatic carbocycles. The zero-order chi connectivity index (χ0) is 22.5. The summed E-state index contributed by atoms with van der Waals surface area (Å²) >= 11 is 0. The smallest absolute Gasteiger partial charge is 0.248 e. The predicted molar refractivity (Wildman–Crippen MR) is 125 cm³/mol. The number of nitrogens with two attached hydrogens (primary N) is 1. The summed E-state index contributed by atoms with van der Waals surface area (Å²) in [5.41, 5.74) is 10.8. The van der Waals surface area contributed by atoms with Gasteiger partial charge in [-0.05, 0) is 65.6 Å². The fourth-order valence-electron chi connectivity index (χ4n) is 3.83. The molecule has 4 aromatic rings. The van der Waals surface area contributed by atoms with Gasteiger partial charge in [0.15, 0.2) is 0 Å². The highest BCUT2D eigenvalue weighted by molar-refractivity contribution is 5.93. The number of ether oxygens (including phenoxy) is 1. The Morgan fingerprint density at radius 2 is 1.78 bits per heavy atom. The Hall–Kier alpha value is -4.06. The van der Waals surface area contributed by atoms with Gasteiger partial charge in [0, 0.05) is 35.1 Å². The predicted octanol–water partition coefficient (Wildman–Crippen LogP) is 4.19. The van der Waals surface area contributed by atoms with Crippen molar-refractivity contribution in [2.75, 3.05) is 7.11 Å². The number of aryl methyl sites for hydroxylation is 1. The van der Waals surface area contributed by atoms with Gasteiger partial charge >= 0.3 is 0 Å². The van der Waals surface area contributed by atoms with Crippen LogP contribution in [0.4, 0.5) is 0 Å². The maximum Gasteiger partial charge on any atom is 0.248 e. The lowest BCUT2D eigenvalue weighted by molar-refractivity contribution is -0.121. The summed E-state index contributed by atoms with van der Waals surface area (Å²) in [5.74, 6) is 0.259. The van der Waals surface area contributed by atoms with Gasteiger partial charge in [-0.25, -0.2) is 0 Å². The molecule has 4 rings (SSSR count). The van der Waals surface area contributed by atoms with E-state index in [4.69, 9.17) is 10.5 Å². The van der Waals surface area contributed by atoms with Crippen LogP contribution in [0.25, 0.3) is 22.2 Å². The summed E-state index contributed by atoms with van der Waals surface area (Å²) in [6, 6.07) is 23.0. The third-order valence-electron chi connectivity index (χ3n) is 5.50. The highest BCUT2D eigenvalue weighted by atomic mass is 16.5. The van der Waals surface area contributed by atoms with Gasteiger partial charge in [0.1, 0.15) is 5.75 Å². The van der Waals surface area contributed by atoms with Crippen molar-refractivity contribution in [2.45, 2.75) is 19.4 Å². The molecule has 0 radical (unpaired) electrons. The highest BCUT2D eigenvalue weighted by Gasteiger charge is 2.15. The zero-order valence-electron chi connectivity index (χ0n) is 17.9. The van der Waals surface area contributed by atoms with Crippen LogP contribution in [0, 0.1) is 0 Å². The van der Waals surface area contributed by atoms with Gasteiger partial charge in [0.25, 0.3) is 0 Å². The van der Waals surface area contributed by atoms with E-state index in [2.05, 4.69) is 16.4 Å². The van der Waals surface area contributed by atoms with E-state index in [0.29, 0.717) is 24.9 Å². The molecule has 32 heavy (non-hydrogen) atoms. The lowest BCUT2D eigenvalue weighted by atomic mass is 10.0. The number of nitrogens with one attached hydrogen (secondary N) is 2. The quantitative estimate of drug-likeness (QED) is 0.393. The van der Waals surface area contributed by atoms with Gasteiger partial charge in [0.05, 0.1) is 7.11 Å². The SMILES string of the molecule is COc1ccc(-c2[nH]c3ccccc3c2CCC(=O)NCc2cccc(C(N)=O)c2)cc1. The molecule has 0 bridgehead atoms. The van der Waals surface area contributed by atoms with E-state index in [-0.39, 0.29) is 5.91 Å². The molecule has 0 saturated carbocycles. The first-order chi connectivity index (χ1) is 15.5. The number of para-hydroxylation sites is 1. The Morgan fingerprint density at radius 3 is 2.53 bits per heavy atom. The lowest BCUT2D eigenvalue weighted by Gasteiger charge is -2.08. The normalized spacial score (nSPS) is 10.8. The molecule has 6 heteroatoms. The van der Waals surface area contributed by atoms with Crippen LogP contribution in [0.5, 0.6) is 5.75 Å². The Labute approximate surface area is 186 Å². The summed E-state index contributed by atoms with van der Waals surface area (Å²) in [4.78, 5) is 27.4. The first-order valence-corrected chi connectivity index (χ1v) is 10.4. The molecule has 1 heterocycles. The molecule has 0 aliphatic heterocycles. The summed E-state index contributed by atoms with van der Waals surface area (Å²) < 4.78 is 5.27. The molecular weight excluding hydrogens is 402 g/mol. The van der Waals surface area contributed by atoms with E-state index in [1.807, 2.05) is 48.5 Å². The Kier molecular flexibility index (Phi) is 6.22. The average molecular weight is 428 g/mol. The number of hydrogen-bond acceptors (Lipinski definition) is 3. The van der Waals surface area contributed by atoms with E-state index in [1.165, 1.54) is 0 Å². The molecular formula is C26H25N3O3. The van der Waals surface area contributed by atoms with Crippen molar-refractivity contribution in [3.8, 4) is 17.0 Å². The number of fused-ring (bicyclic) bond motifs is 1. The molecule has 1 aromatic heterocycles. The third-order valence-corrected chi connectivity index (χ3v) is 5.50. The first-order valence-electron chi connectivity index (χ1n) is 10.4. The first kappa shape index (κ1) is 21.2. The molecule has 4 N–H and O–H groups in total. The van der Waals surface area contributed by atoms with Crippen LogP contribution in [0.3, 0.4) is 0 Å². The topological polar surface area (TPSA) is 97.2 Å². The van der Waals surface area contributed by atoms with Crippen LogP contribution in [0.1, 0.15) is 27.9 Å². The number of primary amides is 1. The summed E-state index contributed by atoms with van der Waals surface area (Å²) in [6.45, 7) is 0.346. The van der Waals surface area contributed by atoms with Gasteiger partial charge in [-0.3, -0.25) is 9.59 Å². The van der Waals surface area contributed by atoms with Crippen molar-refractivity contribution >= 4 is 22.7 Å². The lowest BCUT2D eigenvalue weighted by Crippen LogP contribution is -2.23. The Balaban J connectivity index is 1.49. The molecule has 0 fully saturated rings. The van der Waals surface area contributed by atoms with E-state index in [0.717, 1.165) is 39.0 Å². The molecule has 6 nitrogen and oxygen atoms in total. The standard InChI is InChI=1S/C26H25N3O3/c1-32-20-11-9-18(10-12-20)25-22(21-7-2-3-8-23(21)29-25)13-14-24(30)28-16-17-5-4-6-19(15-17)26(27)31/h2-12,15,29H,13-14,16H2,1H3,(H2,27,31)(H,28,30). The number of benzene rings is 3. The monoisotopic (exact) mass is 427 g/mol. The number of amides is 2. The molecule has 2 amide bonds. The van der Waals surface area contributed by atoms with Crippen molar-refractivity contribution in [1.29, 1.82) is 0 Å². The molecule has 0 saturated heterocycles. The minimum absolute atomic E-state index is 0.0551. The second-order valence-corrected chi connectivity index (χ2v) is 7.59. The highest BCUT2D eigenvalue weighted by Crippen LogP contribution is 2.32. The van der Waals surface area contributed by atoms with Gasteiger partial charge in [-0.15, -0.1) is 0 Å². The fourth-order valence-corrected chi connectivity index (χ4v) is 3.83. The third kappa shape index (κ3) is 4.64. The number of rotatable bonds is 8. The minimum Gasteiger partial charge on any atom is -0.497 e. The fraction of sp³-hybridized carbons (Fsp3) is 0.154. The van der Waals surface area contributed by atoms with Crippen molar-refractivity contribution in [1.82, 2.24) is 10.3 Å². The van der Waals surface area contributed by atoms with Crippen molar-refractivity contribution < 1.29 is 14.3 Å². The molecule has 0 aliphatic rings. The summed E-state index contributed by atoms with van der Waals surface area (Å²) in [5, 5.41) is 4.04. The van der Waals surface area contributed by atoms with Gasteiger partial charge in [0.2, 0.25) is 11.8 Å². The van der Waals surface area contributed by atoms with Crippen LogP contribution < -0.4 is 15.8 Å². The van der Waals surface area contributed by atoms with E-state index < -0.39 is 5.91 Å². The van der Waals surface area contributed by atoms with Crippen LogP contribution in [0.2, 0.25) is 0 Å². The van der Waals surface area contributed by atoms with Crippen molar-refractivity contribution in [3.63, 3.8) is 0 Å². The number of carbonyl (C=O) groups is 2. The second-order valence-electron chi connectivity index (χ2n) is 7.59. The summed E-state index contributed by atoms with van der Waals surface area (Å²) in [6.07, 6.45) is 0.943. The van der Waals surface area contributed by atoms with Crippen LogP contribution in [0.15, 0.2) is 72.8 Å². The molecule has 0 aliphatic carbocycles. The van der Waals surface area contributed by atoms with E-state index in [9.17, 15) is 9.59 Å². The number of H-pyrrole nitrogens is 1.